The van der Waals surface area contributed by atoms with Gasteiger partial charge in [-0.3, -0.25) is 0 Å². The number of anilines is 1. The van der Waals surface area contributed by atoms with Crippen LogP contribution < -0.4 is 10.2 Å². The molecule has 1 aliphatic heterocycles. The Labute approximate surface area is 119 Å². The molecule has 100 valence electrons. The second-order valence-corrected chi connectivity index (χ2v) is 6.96. The third-order valence-electron chi connectivity index (χ3n) is 3.50. The molecule has 3 heteroatoms. The van der Waals surface area contributed by atoms with Crippen LogP contribution in [0, 0.1) is 12.3 Å². The Morgan fingerprint density at radius 2 is 2.11 bits per heavy atom. The number of hydrogen-bond acceptors (Lipinski definition) is 2. The largest absolute Gasteiger partial charge is 0.371 e. The lowest BCUT2D eigenvalue weighted by molar-refractivity contribution is 0.325. The summed E-state index contributed by atoms with van der Waals surface area (Å²) in [6.45, 7) is 11.3. The minimum Gasteiger partial charge on any atom is -0.371 e. The van der Waals surface area contributed by atoms with Crippen molar-refractivity contribution in [2.75, 3.05) is 31.1 Å². The Morgan fingerprint density at radius 1 is 1.33 bits per heavy atom. The van der Waals surface area contributed by atoms with Crippen LogP contribution in [0.3, 0.4) is 0 Å². The summed E-state index contributed by atoms with van der Waals surface area (Å²) in [4.78, 5) is 2.54. The highest BCUT2D eigenvalue weighted by molar-refractivity contribution is 9.10. The number of aryl methyl sites for hydroxylation is 1. The molecule has 0 radical (unpaired) electrons. The monoisotopic (exact) mass is 310 g/mol. The van der Waals surface area contributed by atoms with Gasteiger partial charge >= 0.3 is 0 Å². The molecule has 0 aliphatic carbocycles. The third kappa shape index (κ3) is 3.48. The second-order valence-electron chi connectivity index (χ2n) is 6.05. The van der Waals surface area contributed by atoms with E-state index in [9.17, 15) is 0 Å². The molecule has 1 saturated heterocycles. The van der Waals surface area contributed by atoms with Crippen LogP contribution in [0.15, 0.2) is 22.7 Å². The maximum atomic E-state index is 3.54. The van der Waals surface area contributed by atoms with E-state index in [-0.39, 0.29) is 0 Å². The third-order valence-corrected chi connectivity index (χ3v) is 4.00. The van der Waals surface area contributed by atoms with Crippen molar-refractivity contribution in [3.05, 3.63) is 28.2 Å². The molecule has 0 spiro atoms. The zero-order valence-corrected chi connectivity index (χ0v) is 13.2. The zero-order chi connectivity index (χ0) is 13.2. The molecule has 0 unspecified atom stereocenters. The van der Waals surface area contributed by atoms with Crippen LogP contribution in [-0.2, 0) is 0 Å². The molecule has 1 fully saturated rings. The first-order valence-electron chi connectivity index (χ1n) is 6.70. The first-order chi connectivity index (χ1) is 8.48. The van der Waals surface area contributed by atoms with Gasteiger partial charge in [-0.1, -0.05) is 29.8 Å². The van der Waals surface area contributed by atoms with Crippen molar-refractivity contribution in [3.8, 4) is 0 Å². The highest BCUT2D eigenvalue weighted by Gasteiger charge is 2.24. The fourth-order valence-electron chi connectivity index (χ4n) is 2.65. The predicted octanol–water partition coefficient (Wildman–Crippen LogP) is 3.58. The van der Waals surface area contributed by atoms with Gasteiger partial charge < -0.3 is 10.2 Å². The molecular formula is C15H23BrN2. The Morgan fingerprint density at radius 3 is 2.83 bits per heavy atom. The first-order valence-corrected chi connectivity index (χ1v) is 7.49. The maximum absolute atomic E-state index is 3.54. The van der Waals surface area contributed by atoms with E-state index in [2.05, 4.69) is 65.1 Å². The Bertz CT molecular complexity index is 415. The van der Waals surface area contributed by atoms with E-state index in [1.165, 1.54) is 17.7 Å². The van der Waals surface area contributed by atoms with Crippen molar-refractivity contribution < 1.29 is 0 Å². The number of hydrogen-bond donors (Lipinski definition) is 1. The van der Waals surface area contributed by atoms with Crippen LogP contribution in [0.1, 0.15) is 25.8 Å². The molecule has 1 aromatic carbocycles. The SMILES string of the molecule is Cc1cc(Br)ccc1N1CCCNCC(C)(C)C1. The highest BCUT2D eigenvalue weighted by Crippen LogP contribution is 2.28. The number of halogens is 1. The van der Waals surface area contributed by atoms with Crippen LogP contribution in [0.25, 0.3) is 0 Å². The molecule has 0 aromatic heterocycles. The zero-order valence-electron chi connectivity index (χ0n) is 11.6. The van der Waals surface area contributed by atoms with Crippen molar-refractivity contribution in [2.24, 2.45) is 5.41 Å². The normalized spacial score (nSPS) is 20.3. The maximum Gasteiger partial charge on any atom is 0.0396 e. The van der Waals surface area contributed by atoms with Crippen LogP contribution in [-0.4, -0.2) is 26.2 Å². The van der Waals surface area contributed by atoms with Crippen molar-refractivity contribution in [1.29, 1.82) is 0 Å². The highest BCUT2D eigenvalue weighted by atomic mass is 79.9. The van der Waals surface area contributed by atoms with Gasteiger partial charge in [0.2, 0.25) is 0 Å². The molecule has 0 saturated carbocycles. The van der Waals surface area contributed by atoms with Crippen molar-refractivity contribution in [2.45, 2.75) is 27.2 Å². The first kappa shape index (κ1) is 13.9. The topological polar surface area (TPSA) is 15.3 Å². The average Bonchev–Trinajstić information content (AvgIpc) is 2.24. The van der Waals surface area contributed by atoms with Gasteiger partial charge in [-0.15, -0.1) is 0 Å². The average molecular weight is 311 g/mol. The molecular weight excluding hydrogens is 288 g/mol. The summed E-state index contributed by atoms with van der Waals surface area (Å²) in [6, 6.07) is 6.59. The van der Waals surface area contributed by atoms with Gasteiger partial charge in [-0.25, -0.2) is 0 Å². The van der Waals surface area contributed by atoms with Gasteiger partial charge in [0, 0.05) is 29.8 Å². The van der Waals surface area contributed by atoms with Crippen molar-refractivity contribution in [3.63, 3.8) is 0 Å². The van der Waals surface area contributed by atoms with Gasteiger partial charge in [0.25, 0.3) is 0 Å². The molecule has 2 nitrogen and oxygen atoms in total. The lowest BCUT2D eigenvalue weighted by Gasteiger charge is -2.37. The molecule has 0 bridgehead atoms. The van der Waals surface area contributed by atoms with E-state index in [0.717, 1.165) is 30.7 Å². The molecule has 1 heterocycles. The van der Waals surface area contributed by atoms with Crippen molar-refractivity contribution >= 4 is 21.6 Å². The number of benzene rings is 1. The second kappa shape index (κ2) is 5.62. The van der Waals surface area contributed by atoms with Gasteiger partial charge in [-0.2, -0.15) is 0 Å². The minimum absolute atomic E-state index is 0.319. The lowest BCUT2D eigenvalue weighted by Crippen LogP contribution is -2.44. The smallest absolute Gasteiger partial charge is 0.0396 e. The summed E-state index contributed by atoms with van der Waals surface area (Å²) in [7, 11) is 0. The summed E-state index contributed by atoms with van der Waals surface area (Å²) >= 11 is 3.54. The Hall–Kier alpha value is -0.540. The molecule has 1 N–H and O–H groups in total. The Balaban J connectivity index is 2.23. The van der Waals surface area contributed by atoms with Gasteiger partial charge in [0.1, 0.15) is 0 Å². The summed E-state index contributed by atoms with van der Waals surface area (Å²) in [6.07, 6.45) is 1.21. The van der Waals surface area contributed by atoms with E-state index >= 15 is 0 Å². The minimum atomic E-state index is 0.319. The molecule has 1 aromatic rings. The van der Waals surface area contributed by atoms with E-state index in [1.807, 2.05) is 0 Å². The molecule has 18 heavy (non-hydrogen) atoms. The standard InChI is InChI=1S/C15H23BrN2/c1-12-9-13(16)5-6-14(12)18-8-4-7-17-10-15(2,3)11-18/h5-6,9,17H,4,7-8,10-11H2,1-3H3. The van der Waals surface area contributed by atoms with E-state index in [0.29, 0.717) is 5.41 Å². The van der Waals surface area contributed by atoms with Gasteiger partial charge in [0.05, 0.1) is 0 Å². The Kier molecular flexibility index (Phi) is 4.33. The molecule has 0 atom stereocenters. The summed E-state index contributed by atoms with van der Waals surface area (Å²) in [5.41, 5.74) is 3.06. The number of nitrogens with one attached hydrogen (secondary N) is 1. The molecule has 0 amide bonds. The fraction of sp³-hybridized carbons (Fsp3) is 0.600. The fourth-order valence-corrected chi connectivity index (χ4v) is 3.13. The molecule has 1 aliphatic rings. The quantitative estimate of drug-likeness (QED) is 0.853. The van der Waals surface area contributed by atoms with E-state index < -0.39 is 0 Å². The number of nitrogens with zero attached hydrogens (tertiary/aromatic N) is 1. The molecule has 2 rings (SSSR count). The van der Waals surface area contributed by atoms with Crippen molar-refractivity contribution in [1.82, 2.24) is 5.32 Å². The number of rotatable bonds is 1. The van der Waals surface area contributed by atoms with Crippen LogP contribution in [0.2, 0.25) is 0 Å². The van der Waals surface area contributed by atoms with Crippen LogP contribution in [0.5, 0.6) is 0 Å². The predicted molar refractivity (Wildman–Crippen MR) is 82.4 cm³/mol. The van der Waals surface area contributed by atoms with Gasteiger partial charge in [0.15, 0.2) is 0 Å². The van der Waals surface area contributed by atoms with Crippen LogP contribution >= 0.6 is 15.9 Å². The van der Waals surface area contributed by atoms with Crippen LogP contribution in [0.4, 0.5) is 5.69 Å². The van der Waals surface area contributed by atoms with Gasteiger partial charge in [-0.05, 0) is 49.1 Å². The summed E-state index contributed by atoms with van der Waals surface area (Å²) < 4.78 is 1.16. The van der Waals surface area contributed by atoms with E-state index in [4.69, 9.17) is 0 Å². The lowest BCUT2D eigenvalue weighted by atomic mass is 9.91. The van der Waals surface area contributed by atoms with E-state index in [1.54, 1.807) is 0 Å². The summed E-state index contributed by atoms with van der Waals surface area (Å²) in [5.74, 6) is 0. The summed E-state index contributed by atoms with van der Waals surface area (Å²) in [5, 5.41) is 3.54.